The van der Waals surface area contributed by atoms with Gasteiger partial charge in [0.15, 0.2) is 0 Å². The van der Waals surface area contributed by atoms with E-state index in [2.05, 4.69) is 22.8 Å². The second kappa shape index (κ2) is 5.41. The topological polar surface area (TPSA) is 12.0 Å². The lowest BCUT2D eigenvalue weighted by Crippen LogP contribution is -2.18. The maximum atomic E-state index is 13.7. The lowest BCUT2D eigenvalue weighted by Gasteiger charge is -2.14. The maximum absolute atomic E-state index is 13.7. The summed E-state index contributed by atoms with van der Waals surface area (Å²) in [4.78, 5) is 1.27. The van der Waals surface area contributed by atoms with Crippen LogP contribution in [0.5, 0.6) is 0 Å². The second-order valence-electron chi connectivity index (χ2n) is 4.43. The molecule has 3 aromatic rings. The molecular formula is C15H14FNS2. The van der Waals surface area contributed by atoms with Crippen molar-refractivity contribution in [2.24, 2.45) is 0 Å². The Labute approximate surface area is 119 Å². The van der Waals surface area contributed by atoms with Gasteiger partial charge in [-0.05, 0) is 42.6 Å². The van der Waals surface area contributed by atoms with Gasteiger partial charge in [0.25, 0.3) is 0 Å². The SMILES string of the molecule is CNC(Cc1ccccc1F)c1cc2sccc2s1. The molecule has 0 bridgehead atoms. The van der Waals surface area contributed by atoms with Crippen LogP contribution in [0, 0.1) is 5.82 Å². The third-order valence-electron chi connectivity index (χ3n) is 3.23. The van der Waals surface area contributed by atoms with Crippen molar-refractivity contribution in [1.82, 2.24) is 5.32 Å². The van der Waals surface area contributed by atoms with Crippen LogP contribution in [0.2, 0.25) is 0 Å². The standard InChI is InChI=1S/C15H14FNS2/c1-17-12(8-10-4-2-3-5-11(10)16)14-9-15-13(19-14)6-7-18-15/h2-7,9,12,17H,8H2,1H3. The number of hydrogen-bond donors (Lipinski definition) is 1. The zero-order valence-electron chi connectivity index (χ0n) is 10.5. The van der Waals surface area contributed by atoms with Crippen LogP contribution in [0.1, 0.15) is 16.5 Å². The predicted octanol–water partition coefficient (Wildman–Crippen LogP) is 4.61. The van der Waals surface area contributed by atoms with E-state index in [1.165, 1.54) is 20.3 Å². The van der Waals surface area contributed by atoms with Gasteiger partial charge in [-0.1, -0.05) is 18.2 Å². The van der Waals surface area contributed by atoms with E-state index in [1.54, 1.807) is 28.7 Å². The Hall–Kier alpha value is -1.23. The first kappa shape index (κ1) is 12.8. The molecule has 98 valence electrons. The summed E-state index contributed by atoms with van der Waals surface area (Å²) in [5.74, 6) is -0.124. The van der Waals surface area contributed by atoms with Crippen molar-refractivity contribution < 1.29 is 4.39 Å². The van der Waals surface area contributed by atoms with Crippen molar-refractivity contribution in [3.05, 3.63) is 58.0 Å². The van der Waals surface area contributed by atoms with E-state index in [1.807, 2.05) is 19.2 Å². The van der Waals surface area contributed by atoms with Crippen molar-refractivity contribution in [1.29, 1.82) is 0 Å². The molecule has 1 unspecified atom stereocenters. The first-order valence-electron chi connectivity index (χ1n) is 6.15. The molecule has 1 N–H and O–H groups in total. The van der Waals surface area contributed by atoms with Gasteiger partial charge < -0.3 is 5.32 Å². The lowest BCUT2D eigenvalue weighted by molar-refractivity contribution is 0.560. The third kappa shape index (κ3) is 2.56. The first-order chi connectivity index (χ1) is 9.28. The Kier molecular flexibility index (Phi) is 3.64. The lowest BCUT2D eigenvalue weighted by atomic mass is 10.0. The van der Waals surface area contributed by atoms with Gasteiger partial charge >= 0.3 is 0 Å². The quantitative estimate of drug-likeness (QED) is 0.740. The molecule has 0 radical (unpaired) electrons. The molecule has 1 aromatic carbocycles. The molecule has 0 amide bonds. The monoisotopic (exact) mass is 291 g/mol. The molecule has 2 heterocycles. The molecule has 0 aliphatic heterocycles. The molecule has 0 saturated carbocycles. The molecule has 0 saturated heterocycles. The van der Waals surface area contributed by atoms with E-state index >= 15 is 0 Å². The van der Waals surface area contributed by atoms with Crippen molar-refractivity contribution in [3.8, 4) is 0 Å². The molecule has 0 spiro atoms. The van der Waals surface area contributed by atoms with Gasteiger partial charge in [-0.3, -0.25) is 0 Å². The number of benzene rings is 1. The van der Waals surface area contributed by atoms with Crippen molar-refractivity contribution >= 4 is 32.1 Å². The number of hydrogen-bond acceptors (Lipinski definition) is 3. The van der Waals surface area contributed by atoms with Crippen molar-refractivity contribution in [2.45, 2.75) is 12.5 Å². The second-order valence-corrected chi connectivity index (χ2v) is 6.50. The summed E-state index contributed by atoms with van der Waals surface area (Å²) < 4.78 is 16.4. The van der Waals surface area contributed by atoms with Gasteiger partial charge in [-0.2, -0.15) is 0 Å². The molecule has 3 rings (SSSR count). The van der Waals surface area contributed by atoms with Gasteiger partial charge in [-0.25, -0.2) is 4.39 Å². The molecule has 2 aromatic heterocycles. The van der Waals surface area contributed by atoms with Gasteiger partial charge in [0, 0.05) is 20.3 Å². The number of rotatable bonds is 4. The van der Waals surface area contributed by atoms with Crippen LogP contribution in [0.15, 0.2) is 41.8 Å². The summed E-state index contributed by atoms with van der Waals surface area (Å²) in [6.45, 7) is 0. The normalized spacial score (nSPS) is 12.9. The van der Waals surface area contributed by atoms with E-state index in [-0.39, 0.29) is 11.9 Å². The van der Waals surface area contributed by atoms with Crippen LogP contribution in [0.4, 0.5) is 4.39 Å². The highest BCUT2D eigenvalue weighted by molar-refractivity contribution is 7.26. The predicted molar refractivity (Wildman–Crippen MR) is 81.6 cm³/mol. The van der Waals surface area contributed by atoms with Gasteiger partial charge in [0.1, 0.15) is 5.82 Å². The van der Waals surface area contributed by atoms with Crippen molar-refractivity contribution in [2.75, 3.05) is 7.05 Å². The first-order valence-corrected chi connectivity index (χ1v) is 7.85. The van der Waals surface area contributed by atoms with Crippen LogP contribution in [0.3, 0.4) is 0 Å². The molecule has 1 atom stereocenters. The van der Waals surface area contributed by atoms with Gasteiger partial charge in [-0.15, -0.1) is 22.7 Å². The Bertz CT molecular complexity index is 658. The smallest absolute Gasteiger partial charge is 0.126 e. The number of thiophene rings is 2. The fourth-order valence-electron chi connectivity index (χ4n) is 2.18. The zero-order valence-corrected chi connectivity index (χ0v) is 12.2. The minimum atomic E-state index is -0.124. The molecule has 0 aliphatic carbocycles. The summed E-state index contributed by atoms with van der Waals surface area (Å²) in [6, 6.07) is 11.5. The minimum Gasteiger partial charge on any atom is -0.312 e. The number of halogens is 1. The van der Waals surface area contributed by atoms with Crippen LogP contribution < -0.4 is 5.32 Å². The number of nitrogens with one attached hydrogen (secondary N) is 1. The highest BCUT2D eigenvalue weighted by Crippen LogP contribution is 2.34. The molecule has 1 nitrogen and oxygen atoms in total. The summed E-state index contributed by atoms with van der Waals surface area (Å²) in [7, 11) is 1.93. The molecule has 0 aliphatic rings. The number of likely N-dealkylation sites (N-methyl/N-ethyl adjacent to an activating group) is 1. The van der Waals surface area contributed by atoms with Gasteiger partial charge in [0.2, 0.25) is 0 Å². The Morgan fingerprint density at radius 2 is 2.05 bits per heavy atom. The van der Waals surface area contributed by atoms with E-state index < -0.39 is 0 Å². The van der Waals surface area contributed by atoms with E-state index in [0.29, 0.717) is 6.42 Å². The average molecular weight is 291 g/mol. The van der Waals surface area contributed by atoms with E-state index in [4.69, 9.17) is 0 Å². The minimum absolute atomic E-state index is 0.124. The van der Waals surface area contributed by atoms with Gasteiger partial charge in [0.05, 0.1) is 0 Å². The summed E-state index contributed by atoms with van der Waals surface area (Å²) >= 11 is 3.54. The van der Waals surface area contributed by atoms with Crippen LogP contribution in [0.25, 0.3) is 9.40 Å². The van der Waals surface area contributed by atoms with Crippen LogP contribution in [-0.2, 0) is 6.42 Å². The van der Waals surface area contributed by atoms with E-state index in [0.717, 1.165) is 5.56 Å². The average Bonchev–Trinajstić information content (AvgIpc) is 2.98. The Morgan fingerprint density at radius 1 is 1.21 bits per heavy atom. The molecule has 4 heteroatoms. The van der Waals surface area contributed by atoms with E-state index in [9.17, 15) is 4.39 Å². The van der Waals surface area contributed by atoms with Crippen LogP contribution >= 0.6 is 22.7 Å². The fraction of sp³-hybridized carbons (Fsp3) is 0.200. The Balaban J connectivity index is 1.88. The molecule has 0 fully saturated rings. The molecule has 19 heavy (non-hydrogen) atoms. The Morgan fingerprint density at radius 3 is 2.79 bits per heavy atom. The summed E-state index contributed by atoms with van der Waals surface area (Å²) in [5.41, 5.74) is 0.763. The maximum Gasteiger partial charge on any atom is 0.126 e. The largest absolute Gasteiger partial charge is 0.312 e. The number of fused-ring (bicyclic) bond motifs is 1. The fourth-order valence-corrected chi connectivity index (χ4v) is 4.41. The zero-order chi connectivity index (χ0) is 13.2. The highest BCUT2D eigenvalue weighted by atomic mass is 32.1. The van der Waals surface area contributed by atoms with Crippen LogP contribution in [-0.4, -0.2) is 7.05 Å². The molecular weight excluding hydrogens is 277 g/mol. The summed E-state index contributed by atoms with van der Waals surface area (Å²) in [5, 5.41) is 5.40. The third-order valence-corrected chi connectivity index (χ3v) is 5.44. The van der Waals surface area contributed by atoms with Crippen molar-refractivity contribution in [3.63, 3.8) is 0 Å². The summed E-state index contributed by atoms with van der Waals surface area (Å²) in [6.07, 6.45) is 0.678. The highest BCUT2D eigenvalue weighted by Gasteiger charge is 2.15.